The van der Waals surface area contributed by atoms with E-state index in [2.05, 4.69) is 4.74 Å². The summed E-state index contributed by atoms with van der Waals surface area (Å²) in [6, 6.07) is 7.62. The third-order valence-corrected chi connectivity index (χ3v) is 2.60. The fraction of sp³-hybridized carbons (Fsp3) is 0.400. The summed E-state index contributed by atoms with van der Waals surface area (Å²) in [5.74, 6) is -1.07. The molecule has 2 N–H and O–H groups in total. The summed E-state index contributed by atoms with van der Waals surface area (Å²) in [7, 11) is 0. The first-order valence-electron chi connectivity index (χ1n) is 7.24. The van der Waals surface area contributed by atoms with Crippen LogP contribution in [0.5, 0.6) is 5.75 Å². The number of nitrogens with one attached hydrogen (secondary N) is 2. The standard InChI is InChI=1S/C15H17F3N2O5/c16-15(17,18)10-19-14(23)20-12(21)9-25-13(22)7-4-8-24-11-5-2-1-3-6-11/h1-3,5-6H,4,7-10H2,(H2,19,20,21,23). The number of alkyl halides is 3. The Labute approximate surface area is 141 Å². The minimum Gasteiger partial charge on any atom is -0.494 e. The van der Waals surface area contributed by atoms with Crippen molar-refractivity contribution in [2.45, 2.75) is 19.0 Å². The van der Waals surface area contributed by atoms with Gasteiger partial charge in [-0.3, -0.25) is 14.9 Å². The number of ether oxygens (including phenoxy) is 2. The first-order chi connectivity index (χ1) is 11.8. The number of hydrogen-bond donors (Lipinski definition) is 2. The average molecular weight is 362 g/mol. The summed E-state index contributed by atoms with van der Waals surface area (Å²) in [6.07, 6.45) is -4.25. The minimum absolute atomic E-state index is 0.0135. The van der Waals surface area contributed by atoms with Crippen LogP contribution in [0.1, 0.15) is 12.8 Å². The predicted octanol–water partition coefficient (Wildman–Crippen LogP) is 1.78. The highest BCUT2D eigenvalue weighted by molar-refractivity contribution is 5.95. The summed E-state index contributed by atoms with van der Waals surface area (Å²) in [4.78, 5) is 33.6. The smallest absolute Gasteiger partial charge is 0.405 e. The Hall–Kier alpha value is -2.78. The van der Waals surface area contributed by atoms with Crippen molar-refractivity contribution < 1.29 is 37.0 Å². The van der Waals surface area contributed by atoms with E-state index in [4.69, 9.17) is 4.74 Å². The number of urea groups is 1. The monoisotopic (exact) mass is 362 g/mol. The largest absolute Gasteiger partial charge is 0.494 e. The van der Waals surface area contributed by atoms with Crippen LogP contribution in [-0.4, -0.2) is 43.8 Å². The molecule has 0 aliphatic rings. The molecule has 0 unspecified atom stereocenters. The van der Waals surface area contributed by atoms with Gasteiger partial charge < -0.3 is 14.8 Å². The summed E-state index contributed by atoms with van der Waals surface area (Å²) < 4.78 is 45.5. The third kappa shape index (κ3) is 10.6. The van der Waals surface area contributed by atoms with Crippen LogP contribution in [0.2, 0.25) is 0 Å². The number of para-hydroxylation sites is 1. The maximum Gasteiger partial charge on any atom is 0.405 e. The molecule has 1 aromatic carbocycles. The third-order valence-electron chi connectivity index (χ3n) is 2.60. The summed E-state index contributed by atoms with van der Waals surface area (Å²) >= 11 is 0. The fourth-order valence-electron chi connectivity index (χ4n) is 1.53. The second kappa shape index (κ2) is 10.2. The number of carbonyl (C=O) groups excluding carboxylic acids is 3. The van der Waals surface area contributed by atoms with E-state index in [0.717, 1.165) is 0 Å². The van der Waals surface area contributed by atoms with Crippen LogP contribution in [0.25, 0.3) is 0 Å². The van der Waals surface area contributed by atoms with E-state index >= 15 is 0 Å². The van der Waals surface area contributed by atoms with Crippen LogP contribution in [0.4, 0.5) is 18.0 Å². The van der Waals surface area contributed by atoms with Crippen molar-refractivity contribution in [1.82, 2.24) is 10.6 Å². The predicted molar refractivity (Wildman–Crippen MR) is 79.7 cm³/mol. The molecule has 0 aliphatic heterocycles. The number of carbonyl (C=O) groups is 3. The molecule has 0 fully saturated rings. The van der Waals surface area contributed by atoms with Crippen molar-refractivity contribution in [2.24, 2.45) is 0 Å². The zero-order valence-electron chi connectivity index (χ0n) is 13.1. The number of imide groups is 1. The van der Waals surface area contributed by atoms with Crippen LogP contribution in [-0.2, 0) is 14.3 Å². The number of halogens is 3. The molecule has 0 bridgehead atoms. The molecule has 0 aliphatic carbocycles. The number of esters is 1. The van der Waals surface area contributed by atoms with E-state index in [1.165, 1.54) is 5.32 Å². The van der Waals surface area contributed by atoms with Gasteiger partial charge in [0.1, 0.15) is 12.3 Å². The highest BCUT2D eigenvalue weighted by Gasteiger charge is 2.28. The maximum absolute atomic E-state index is 11.9. The molecule has 0 spiro atoms. The Morgan fingerprint density at radius 3 is 2.40 bits per heavy atom. The van der Waals surface area contributed by atoms with Crippen LogP contribution >= 0.6 is 0 Å². The number of rotatable bonds is 8. The van der Waals surface area contributed by atoms with Crippen LogP contribution < -0.4 is 15.4 Å². The number of amides is 3. The molecule has 1 aromatic rings. The first kappa shape index (κ1) is 20.3. The number of benzene rings is 1. The number of hydrogen-bond acceptors (Lipinski definition) is 5. The molecule has 25 heavy (non-hydrogen) atoms. The van der Waals surface area contributed by atoms with Gasteiger partial charge in [0.2, 0.25) is 0 Å². The zero-order valence-corrected chi connectivity index (χ0v) is 13.1. The molecule has 0 radical (unpaired) electrons. The highest BCUT2D eigenvalue weighted by Crippen LogP contribution is 2.12. The molecule has 3 amide bonds. The molecule has 0 saturated carbocycles. The first-order valence-corrected chi connectivity index (χ1v) is 7.24. The lowest BCUT2D eigenvalue weighted by molar-refractivity contribution is -0.148. The van der Waals surface area contributed by atoms with Gasteiger partial charge in [-0.1, -0.05) is 18.2 Å². The van der Waals surface area contributed by atoms with Gasteiger partial charge in [-0.15, -0.1) is 0 Å². The van der Waals surface area contributed by atoms with E-state index < -0.39 is 37.2 Å². The van der Waals surface area contributed by atoms with Crippen molar-refractivity contribution in [2.75, 3.05) is 19.8 Å². The van der Waals surface area contributed by atoms with Crippen LogP contribution in [0.15, 0.2) is 30.3 Å². The normalized spacial score (nSPS) is 10.7. The Balaban J connectivity index is 2.10. The van der Waals surface area contributed by atoms with Gasteiger partial charge in [-0.25, -0.2) is 4.79 Å². The molecular formula is C15H17F3N2O5. The SMILES string of the molecule is O=C(COC(=O)CCCOc1ccccc1)NC(=O)NCC(F)(F)F. The molecule has 0 saturated heterocycles. The molecule has 1 rings (SSSR count). The molecule has 7 nitrogen and oxygen atoms in total. The molecule has 0 atom stereocenters. The highest BCUT2D eigenvalue weighted by atomic mass is 19.4. The van der Waals surface area contributed by atoms with E-state index in [-0.39, 0.29) is 13.0 Å². The topological polar surface area (TPSA) is 93.7 Å². The molecule has 138 valence electrons. The van der Waals surface area contributed by atoms with Gasteiger partial charge in [0.15, 0.2) is 6.61 Å². The lowest BCUT2D eigenvalue weighted by Gasteiger charge is -2.09. The van der Waals surface area contributed by atoms with Gasteiger partial charge in [0, 0.05) is 6.42 Å². The van der Waals surface area contributed by atoms with E-state index in [1.54, 1.807) is 29.6 Å². The van der Waals surface area contributed by atoms with E-state index in [1.807, 2.05) is 6.07 Å². The van der Waals surface area contributed by atoms with Gasteiger partial charge in [0.05, 0.1) is 6.61 Å². The average Bonchev–Trinajstić information content (AvgIpc) is 2.55. The van der Waals surface area contributed by atoms with E-state index in [9.17, 15) is 27.6 Å². The molecular weight excluding hydrogens is 345 g/mol. The molecule has 0 aromatic heterocycles. The van der Waals surface area contributed by atoms with E-state index in [0.29, 0.717) is 12.2 Å². The Morgan fingerprint density at radius 1 is 1.08 bits per heavy atom. The second-order valence-corrected chi connectivity index (χ2v) is 4.77. The Morgan fingerprint density at radius 2 is 1.76 bits per heavy atom. The lowest BCUT2D eigenvalue weighted by Crippen LogP contribution is -2.44. The van der Waals surface area contributed by atoms with Crippen molar-refractivity contribution in [3.05, 3.63) is 30.3 Å². The summed E-state index contributed by atoms with van der Waals surface area (Å²) in [6.45, 7) is -2.07. The molecule has 10 heteroatoms. The summed E-state index contributed by atoms with van der Waals surface area (Å²) in [5.41, 5.74) is 0. The lowest BCUT2D eigenvalue weighted by atomic mass is 10.3. The van der Waals surface area contributed by atoms with Gasteiger partial charge >= 0.3 is 18.2 Å². The van der Waals surface area contributed by atoms with Crippen molar-refractivity contribution in [3.63, 3.8) is 0 Å². The van der Waals surface area contributed by atoms with Gasteiger partial charge in [-0.2, -0.15) is 13.2 Å². The molecule has 0 heterocycles. The Bertz CT molecular complexity index is 578. The zero-order chi connectivity index (χ0) is 18.7. The van der Waals surface area contributed by atoms with Crippen molar-refractivity contribution in [3.8, 4) is 5.75 Å². The fourth-order valence-corrected chi connectivity index (χ4v) is 1.53. The minimum atomic E-state index is -4.59. The van der Waals surface area contributed by atoms with Crippen LogP contribution in [0, 0.1) is 0 Å². The van der Waals surface area contributed by atoms with Crippen molar-refractivity contribution >= 4 is 17.9 Å². The second-order valence-electron chi connectivity index (χ2n) is 4.77. The van der Waals surface area contributed by atoms with Gasteiger partial charge in [-0.05, 0) is 18.6 Å². The van der Waals surface area contributed by atoms with Crippen LogP contribution in [0.3, 0.4) is 0 Å². The quantitative estimate of drug-likeness (QED) is 0.543. The maximum atomic E-state index is 11.9. The summed E-state index contributed by atoms with van der Waals surface area (Å²) in [5, 5.41) is 3.05. The Kier molecular flexibility index (Phi) is 8.24. The van der Waals surface area contributed by atoms with Crippen molar-refractivity contribution in [1.29, 1.82) is 0 Å². The van der Waals surface area contributed by atoms with Gasteiger partial charge in [0.25, 0.3) is 5.91 Å².